The van der Waals surface area contributed by atoms with Crippen molar-refractivity contribution in [3.8, 4) is 11.5 Å². The molecule has 1 aromatic heterocycles. The van der Waals surface area contributed by atoms with Gasteiger partial charge in [-0.05, 0) is 33.6 Å². The lowest BCUT2D eigenvalue weighted by molar-refractivity contribution is 0.0990. The van der Waals surface area contributed by atoms with Crippen LogP contribution < -0.4 is 15.2 Å². The summed E-state index contributed by atoms with van der Waals surface area (Å²) in [7, 11) is 0. The van der Waals surface area contributed by atoms with Crippen LogP contribution >= 0.6 is 0 Å². The maximum Gasteiger partial charge on any atom is 0.271 e. The molecule has 2 N–H and O–H groups in total. The third-order valence-electron chi connectivity index (χ3n) is 2.30. The molecule has 1 aliphatic carbocycles. The number of amides is 1. The number of primary amides is 1. The van der Waals surface area contributed by atoms with Crippen LogP contribution in [0.2, 0.25) is 0 Å². The molecule has 2 rings (SSSR count). The van der Waals surface area contributed by atoms with Gasteiger partial charge in [0.15, 0.2) is 11.4 Å². The number of nitrogens with two attached hydrogens (primary N) is 1. The molecule has 1 heterocycles. The molecule has 98 valence electrons. The summed E-state index contributed by atoms with van der Waals surface area (Å²) in [6, 6.07) is 1.68. The molecule has 1 amide bonds. The van der Waals surface area contributed by atoms with Crippen LogP contribution in [0.1, 0.15) is 44.1 Å². The van der Waals surface area contributed by atoms with E-state index in [0.717, 1.165) is 12.8 Å². The third kappa shape index (κ3) is 3.35. The topological polar surface area (TPSA) is 74.4 Å². The largest absolute Gasteiger partial charge is 0.488 e. The van der Waals surface area contributed by atoms with Gasteiger partial charge in [-0.3, -0.25) is 4.79 Å². The van der Waals surface area contributed by atoms with E-state index in [1.165, 1.54) is 6.20 Å². The molecule has 0 bridgehead atoms. The van der Waals surface area contributed by atoms with Crippen LogP contribution in [-0.2, 0) is 0 Å². The molecule has 5 nitrogen and oxygen atoms in total. The minimum Gasteiger partial charge on any atom is -0.488 e. The number of hydrogen-bond donors (Lipinski definition) is 1. The van der Waals surface area contributed by atoms with E-state index in [9.17, 15) is 4.79 Å². The van der Waals surface area contributed by atoms with Gasteiger partial charge in [0.05, 0.1) is 12.3 Å². The van der Waals surface area contributed by atoms with Crippen molar-refractivity contribution in [2.24, 2.45) is 5.73 Å². The number of aromatic nitrogens is 1. The zero-order valence-electron chi connectivity index (χ0n) is 10.9. The van der Waals surface area contributed by atoms with Crippen molar-refractivity contribution < 1.29 is 14.3 Å². The van der Waals surface area contributed by atoms with Crippen LogP contribution in [0, 0.1) is 0 Å². The zero-order valence-corrected chi connectivity index (χ0v) is 10.9. The van der Waals surface area contributed by atoms with Gasteiger partial charge in [0.1, 0.15) is 11.4 Å². The molecule has 0 aromatic carbocycles. The molecule has 5 heteroatoms. The van der Waals surface area contributed by atoms with E-state index >= 15 is 0 Å². The minimum absolute atomic E-state index is 0.156. The molecular weight excluding hydrogens is 232 g/mol. The van der Waals surface area contributed by atoms with E-state index in [2.05, 4.69) is 4.98 Å². The lowest BCUT2D eigenvalue weighted by Gasteiger charge is -2.21. The summed E-state index contributed by atoms with van der Waals surface area (Å²) in [5.41, 5.74) is 5.09. The molecule has 0 spiro atoms. The van der Waals surface area contributed by atoms with Gasteiger partial charge in [-0.1, -0.05) is 0 Å². The summed E-state index contributed by atoms with van der Waals surface area (Å²) in [6.45, 7) is 5.82. The molecule has 0 radical (unpaired) electrons. The van der Waals surface area contributed by atoms with Gasteiger partial charge in [-0.2, -0.15) is 0 Å². The third-order valence-corrected chi connectivity index (χ3v) is 2.30. The van der Waals surface area contributed by atoms with Crippen LogP contribution in [0.4, 0.5) is 0 Å². The van der Waals surface area contributed by atoms with Gasteiger partial charge in [-0.25, -0.2) is 4.98 Å². The van der Waals surface area contributed by atoms with Crippen molar-refractivity contribution >= 4 is 5.91 Å². The predicted octanol–water partition coefficient (Wildman–Crippen LogP) is 1.90. The predicted molar refractivity (Wildman–Crippen MR) is 66.8 cm³/mol. The number of nitrogens with zero attached hydrogens (tertiary/aromatic N) is 1. The summed E-state index contributed by atoms with van der Waals surface area (Å²) in [6.07, 6.45) is 3.67. The van der Waals surface area contributed by atoms with E-state index in [-0.39, 0.29) is 17.4 Å². The van der Waals surface area contributed by atoms with Gasteiger partial charge in [0, 0.05) is 6.07 Å². The smallest absolute Gasteiger partial charge is 0.271 e. The fourth-order valence-electron chi connectivity index (χ4n) is 1.48. The number of pyridine rings is 1. The Hall–Kier alpha value is -1.78. The molecule has 1 aliphatic rings. The van der Waals surface area contributed by atoms with E-state index in [1.54, 1.807) is 6.07 Å². The van der Waals surface area contributed by atoms with Gasteiger partial charge in [0.2, 0.25) is 0 Å². The Morgan fingerprint density at radius 3 is 2.61 bits per heavy atom. The molecule has 18 heavy (non-hydrogen) atoms. The quantitative estimate of drug-likeness (QED) is 0.885. The monoisotopic (exact) mass is 250 g/mol. The highest BCUT2D eigenvalue weighted by Gasteiger charge is 2.26. The van der Waals surface area contributed by atoms with Gasteiger partial charge in [0.25, 0.3) is 5.91 Å². The highest BCUT2D eigenvalue weighted by atomic mass is 16.5. The lowest BCUT2D eigenvalue weighted by Crippen LogP contribution is -2.23. The maximum atomic E-state index is 11.3. The molecular formula is C13H18N2O3. The van der Waals surface area contributed by atoms with Crippen LogP contribution in [0.15, 0.2) is 12.3 Å². The maximum absolute atomic E-state index is 11.3. The average molecular weight is 250 g/mol. The lowest BCUT2D eigenvalue weighted by atomic mass is 10.2. The zero-order chi connectivity index (χ0) is 13.3. The van der Waals surface area contributed by atoms with Crippen molar-refractivity contribution in [3.05, 3.63) is 18.0 Å². The van der Waals surface area contributed by atoms with Crippen LogP contribution in [0.3, 0.4) is 0 Å². The molecule has 0 aliphatic heterocycles. The van der Waals surface area contributed by atoms with Crippen LogP contribution in [0.25, 0.3) is 0 Å². The fraction of sp³-hybridized carbons (Fsp3) is 0.538. The first-order valence-corrected chi connectivity index (χ1v) is 6.01. The van der Waals surface area contributed by atoms with Crippen molar-refractivity contribution in [2.45, 2.75) is 45.3 Å². The number of carbonyl (C=O) groups is 1. The first-order chi connectivity index (χ1) is 8.35. The van der Waals surface area contributed by atoms with Crippen molar-refractivity contribution in [3.63, 3.8) is 0 Å². The van der Waals surface area contributed by atoms with Gasteiger partial charge < -0.3 is 15.2 Å². The highest BCUT2D eigenvalue weighted by Crippen LogP contribution is 2.31. The number of carbonyl (C=O) groups excluding carboxylic acids is 1. The second kappa shape index (κ2) is 4.48. The summed E-state index contributed by atoms with van der Waals surface area (Å²) < 4.78 is 11.3. The Morgan fingerprint density at radius 2 is 2.11 bits per heavy atom. The molecule has 1 aromatic rings. The second-order valence-corrected chi connectivity index (χ2v) is 5.41. The Balaban J connectivity index is 2.25. The normalized spacial score (nSPS) is 15.3. The van der Waals surface area contributed by atoms with E-state index < -0.39 is 5.91 Å². The van der Waals surface area contributed by atoms with Gasteiger partial charge in [-0.15, -0.1) is 0 Å². The minimum atomic E-state index is -0.590. The summed E-state index contributed by atoms with van der Waals surface area (Å²) in [4.78, 5) is 15.3. The highest BCUT2D eigenvalue weighted by molar-refractivity contribution is 5.93. The number of rotatable bonds is 4. The summed E-state index contributed by atoms with van der Waals surface area (Å²) in [5.74, 6) is 0.392. The fourth-order valence-corrected chi connectivity index (χ4v) is 1.48. The standard InChI is InChI=1S/C13H18N2O3/c1-13(2,3)18-9-6-10(17-8-4-5-8)11(12(14)16)15-7-9/h6-8H,4-5H2,1-3H3,(H2,14,16). The van der Waals surface area contributed by atoms with E-state index in [0.29, 0.717) is 11.5 Å². The first-order valence-electron chi connectivity index (χ1n) is 6.01. The molecule has 1 saturated carbocycles. The van der Waals surface area contributed by atoms with Crippen LogP contribution in [-0.4, -0.2) is 22.6 Å². The van der Waals surface area contributed by atoms with Crippen LogP contribution in [0.5, 0.6) is 11.5 Å². The van der Waals surface area contributed by atoms with Crippen molar-refractivity contribution in [1.82, 2.24) is 4.98 Å². The first kappa shape index (κ1) is 12.7. The Labute approximate surface area is 106 Å². The van der Waals surface area contributed by atoms with Crippen molar-refractivity contribution in [1.29, 1.82) is 0 Å². The number of ether oxygens (including phenoxy) is 2. The Morgan fingerprint density at radius 1 is 1.44 bits per heavy atom. The second-order valence-electron chi connectivity index (χ2n) is 5.41. The molecule has 0 unspecified atom stereocenters. The number of hydrogen-bond acceptors (Lipinski definition) is 4. The average Bonchev–Trinajstić information content (AvgIpc) is 2.98. The Kier molecular flexibility index (Phi) is 3.15. The molecule has 0 atom stereocenters. The van der Waals surface area contributed by atoms with E-state index in [1.807, 2.05) is 20.8 Å². The van der Waals surface area contributed by atoms with Crippen molar-refractivity contribution in [2.75, 3.05) is 0 Å². The van der Waals surface area contributed by atoms with Gasteiger partial charge >= 0.3 is 0 Å². The SMILES string of the molecule is CC(C)(C)Oc1cnc(C(N)=O)c(OC2CC2)c1. The van der Waals surface area contributed by atoms with E-state index in [4.69, 9.17) is 15.2 Å². The summed E-state index contributed by atoms with van der Waals surface area (Å²) in [5, 5.41) is 0. The molecule has 1 fully saturated rings. The molecule has 0 saturated heterocycles. The summed E-state index contributed by atoms with van der Waals surface area (Å²) >= 11 is 0. The Bertz CT molecular complexity index is 462.